The minimum Gasteiger partial charge on any atom is -0.392 e. The van der Waals surface area contributed by atoms with E-state index in [1.165, 1.54) is 32.1 Å². The molecule has 3 nitrogen and oxygen atoms in total. The monoisotopic (exact) mass is 226 g/mol. The number of hydrogen-bond acceptors (Lipinski definition) is 3. The zero-order valence-corrected chi connectivity index (χ0v) is 10.3. The van der Waals surface area contributed by atoms with Crippen molar-refractivity contribution in [3.8, 4) is 0 Å². The molecule has 0 aromatic heterocycles. The molecule has 0 radical (unpaired) electrons. The normalized spacial score (nSPS) is 30.0. The van der Waals surface area contributed by atoms with Gasteiger partial charge in [-0.15, -0.1) is 0 Å². The number of nitrogens with two attached hydrogens (primary N) is 1. The summed E-state index contributed by atoms with van der Waals surface area (Å²) in [6, 6.07) is 0. The Labute approximate surface area is 99.0 Å². The van der Waals surface area contributed by atoms with Crippen LogP contribution in [0, 0.1) is 11.8 Å². The molecule has 94 valence electrons. The van der Waals surface area contributed by atoms with Gasteiger partial charge in [0.25, 0.3) is 0 Å². The van der Waals surface area contributed by atoms with Crippen molar-refractivity contribution in [2.24, 2.45) is 17.6 Å². The van der Waals surface area contributed by atoms with Crippen LogP contribution in [-0.2, 0) is 0 Å². The summed E-state index contributed by atoms with van der Waals surface area (Å²) in [5.74, 6) is 1.46. The molecule has 3 N–H and O–H groups in total. The number of nitrogens with zero attached hydrogens (tertiary/aromatic N) is 1. The van der Waals surface area contributed by atoms with Gasteiger partial charge >= 0.3 is 0 Å². The van der Waals surface area contributed by atoms with E-state index in [2.05, 4.69) is 4.90 Å². The number of β-amino-alcohol motifs (C(OH)–C–C–N with tert-alkyl or cyclic N) is 1. The van der Waals surface area contributed by atoms with Crippen molar-refractivity contribution in [3.63, 3.8) is 0 Å². The maximum absolute atomic E-state index is 10.1. The predicted octanol–water partition coefficient (Wildman–Crippen LogP) is 1.21. The minimum atomic E-state index is -0.111. The zero-order valence-electron chi connectivity index (χ0n) is 10.3. The Morgan fingerprint density at radius 3 is 2.56 bits per heavy atom. The summed E-state index contributed by atoms with van der Waals surface area (Å²) in [4.78, 5) is 2.39. The van der Waals surface area contributed by atoms with E-state index in [9.17, 15) is 5.11 Å². The van der Waals surface area contributed by atoms with E-state index < -0.39 is 0 Å². The second-order valence-electron chi connectivity index (χ2n) is 5.69. The average Bonchev–Trinajstić information content (AvgIpc) is 2.89. The zero-order chi connectivity index (χ0) is 11.4. The number of aliphatic hydroxyl groups excluding tert-OH is 1. The molecule has 2 unspecified atom stereocenters. The topological polar surface area (TPSA) is 49.5 Å². The van der Waals surface area contributed by atoms with Gasteiger partial charge in [0.1, 0.15) is 0 Å². The van der Waals surface area contributed by atoms with E-state index in [0.717, 1.165) is 38.5 Å². The second kappa shape index (κ2) is 5.99. The van der Waals surface area contributed by atoms with Crippen molar-refractivity contribution in [2.75, 3.05) is 26.2 Å². The SMILES string of the molecule is NCC1CCN(CC(O)CC2CCCC2)C1. The van der Waals surface area contributed by atoms with Crippen LogP contribution in [0.1, 0.15) is 38.5 Å². The highest BCUT2D eigenvalue weighted by Gasteiger charge is 2.25. The Balaban J connectivity index is 1.64. The maximum Gasteiger partial charge on any atom is 0.0669 e. The van der Waals surface area contributed by atoms with Crippen molar-refractivity contribution in [2.45, 2.75) is 44.6 Å². The molecule has 2 atom stereocenters. The molecule has 16 heavy (non-hydrogen) atoms. The largest absolute Gasteiger partial charge is 0.392 e. The van der Waals surface area contributed by atoms with E-state index in [-0.39, 0.29) is 6.10 Å². The van der Waals surface area contributed by atoms with Gasteiger partial charge in [0.15, 0.2) is 0 Å². The van der Waals surface area contributed by atoms with Gasteiger partial charge in [-0.05, 0) is 37.8 Å². The van der Waals surface area contributed by atoms with Gasteiger partial charge in [0.2, 0.25) is 0 Å². The summed E-state index contributed by atoms with van der Waals surface area (Å²) in [5, 5.41) is 10.1. The molecule has 1 heterocycles. The third kappa shape index (κ3) is 3.44. The first-order valence-corrected chi connectivity index (χ1v) is 6.88. The Bertz CT molecular complexity index is 204. The summed E-state index contributed by atoms with van der Waals surface area (Å²) in [5.41, 5.74) is 5.67. The highest BCUT2D eigenvalue weighted by Crippen LogP contribution is 2.29. The fraction of sp³-hybridized carbons (Fsp3) is 1.00. The molecule has 2 rings (SSSR count). The van der Waals surface area contributed by atoms with Gasteiger partial charge in [-0.1, -0.05) is 25.7 Å². The lowest BCUT2D eigenvalue weighted by molar-refractivity contribution is 0.0999. The van der Waals surface area contributed by atoms with Gasteiger partial charge in [-0.3, -0.25) is 0 Å². The Hall–Kier alpha value is -0.120. The van der Waals surface area contributed by atoms with Crippen LogP contribution in [0.2, 0.25) is 0 Å². The lowest BCUT2D eigenvalue weighted by atomic mass is 10.00. The van der Waals surface area contributed by atoms with Gasteiger partial charge in [-0.2, -0.15) is 0 Å². The first kappa shape index (κ1) is 12.3. The van der Waals surface area contributed by atoms with E-state index in [1.807, 2.05) is 0 Å². The fourth-order valence-electron chi connectivity index (χ4n) is 3.27. The van der Waals surface area contributed by atoms with Crippen molar-refractivity contribution >= 4 is 0 Å². The second-order valence-corrected chi connectivity index (χ2v) is 5.69. The lowest BCUT2D eigenvalue weighted by Gasteiger charge is -2.22. The first-order valence-electron chi connectivity index (χ1n) is 6.88. The number of hydrogen-bond donors (Lipinski definition) is 2. The van der Waals surface area contributed by atoms with Crippen molar-refractivity contribution in [1.29, 1.82) is 0 Å². The van der Waals surface area contributed by atoms with Crippen LogP contribution in [0.15, 0.2) is 0 Å². The maximum atomic E-state index is 10.1. The molecule has 0 amide bonds. The van der Waals surface area contributed by atoms with Gasteiger partial charge in [0.05, 0.1) is 6.10 Å². The molecule has 0 spiro atoms. The summed E-state index contributed by atoms with van der Waals surface area (Å²) >= 11 is 0. The molecule has 2 aliphatic rings. The van der Waals surface area contributed by atoms with E-state index in [4.69, 9.17) is 5.73 Å². The Morgan fingerprint density at radius 1 is 1.19 bits per heavy atom. The average molecular weight is 226 g/mol. The van der Waals surface area contributed by atoms with Crippen LogP contribution in [0.3, 0.4) is 0 Å². The van der Waals surface area contributed by atoms with Gasteiger partial charge in [-0.25, -0.2) is 0 Å². The Kier molecular flexibility index (Phi) is 4.62. The summed E-state index contributed by atoms with van der Waals surface area (Å²) in [6.45, 7) is 3.89. The van der Waals surface area contributed by atoms with E-state index in [0.29, 0.717) is 5.92 Å². The quantitative estimate of drug-likeness (QED) is 0.741. The predicted molar refractivity (Wildman–Crippen MR) is 66.2 cm³/mol. The molecule has 1 aliphatic heterocycles. The van der Waals surface area contributed by atoms with Gasteiger partial charge < -0.3 is 15.7 Å². The first-order chi connectivity index (χ1) is 7.78. The molecule has 2 fully saturated rings. The molecule has 3 heteroatoms. The molecule has 0 aromatic rings. The standard InChI is InChI=1S/C13H26N2O/c14-8-12-5-6-15(9-12)10-13(16)7-11-3-1-2-4-11/h11-13,16H,1-10,14H2. The van der Waals surface area contributed by atoms with E-state index >= 15 is 0 Å². The highest BCUT2D eigenvalue weighted by atomic mass is 16.3. The number of likely N-dealkylation sites (tertiary alicyclic amines) is 1. The van der Waals surface area contributed by atoms with Crippen LogP contribution < -0.4 is 5.73 Å². The third-order valence-corrected chi connectivity index (χ3v) is 4.25. The summed E-state index contributed by atoms with van der Waals surface area (Å²) in [7, 11) is 0. The lowest BCUT2D eigenvalue weighted by Crippen LogP contribution is -2.32. The molecular formula is C13H26N2O. The number of rotatable bonds is 5. The van der Waals surface area contributed by atoms with Crippen LogP contribution in [0.25, 0.3) is 0 Å². The van der Waals surface area contributed by atoms with Crippen molar-refractivity contribution < 1.29 is 5.11 Å². The number of aliphatic hydroxyl groups is 1. The molecule has 0 aromatic carbocycles. The van der Waals surface area contributed by atoms with Crippen molar-refractivity contribution in [3.05, 3.63) is 0 Å². The molecule has 1 saturated carbocycles. The van der Waals surface area contributed by atoms with Crippen LogP contribution >= 0.6 is 0 Å². The smallest absolute Gasteiger partial charge is 0.0669 e. The van der Waals surface area contributed by atoms with Crippen LogP contribution in [0.4, 0.5) is 0 Å². The molecule has 0 bridgehead atoms. The summed E-state index contributed by atoms with van der Waals surface area (Å²) < 4.78 is 0. The van der Waals surface area contributed by atoms with Gasteiger partial charge in [0, 0.05) is 13.1 Å². The molecule has 1 aliphatic carbocycles. The van der Waals surface area contributed by atoms with Crippen LogP contribution in [-0.4, -0.2) is 42.3 Å². The summed E-state index contributed by atoms with van der Waals surface area (Å²) in [6.07, 6.45) is 7.54. The minimum absolute atomic E-state index is 0.111. The van der Waals surface area contributed by atoms with Crippen molar-refractivity contribution in [1.82, 2.24) is 4.90 Å². The van der Waals surface area contributed by atoms with Crippen LogP contribution in [0.5, 0.6) is 0 Å². The fourth-order valence-corrected chi connectivity index (χ4v) is 3.27. The molecular weight excluding hydrogens is 200 g/mol. The highest BCUT2D eigenvalue weighted by molar-refractivity contribution is 4.79. The third-order valence-electron chi connectivity index (χ3n) is 4.25. The molecule has 1 saturated heterocycles. The van der Waals surface area contributed by atoms with E-state index in [1.54, 1.807) is 0 Å². The Morgan fingerprint density at radius 2 is 1.94 bits per heavy atom.